The highest BCUT2D eigenvalue weighted by atomic mass is 127. The minimum absolute atomic E-state index is 0.427. The number of hydrogen-bond acceptors (Lipinski definition) is 6. The van der Waals surface area contributed by atoms with Crippen molar-refractivity contribution in [2.45, 2.75) is 13.5 Å². The summed E-state index contributed by atoms with van der Waals surface area (Å²) in [4.78, 5) is 0. The van der Waals surface area contributed by atoms with Crippen LogP contribution < -0.4 is 24.4 Å². The van der Waals surface area contributed by atoms with Crippen molar-refractivity contribution in [3.63, 3.8) is 0 Å². The van der Waals surface area contributed by atoms with Gasteiger partial charge in [-0.1, -0.05) is 18.7 Å². The summed E-state index contributed by atoms with van der Waals surface area (Å²) in [6, 6.07) is 9.65. The summed E-state index contributed by atoms with van der Waals surface area (Å²) in [5.41, 5.74) is 4.99. The Kier molecular flexibility index (Phi) is 8.93. The van der Waals surface area contributed by atoms with Crippen molar-refractivity contribution in [2.24, 2.45) is 5.10 Å². The van der Waals surface area contributed by atoms with Crippen molar-refractivity contribution in [3.05, 3.63) is 57.7 Å². The molecule has 0 aliphatic carbocycles. The molecule has 0 amide bonds. The maximum atomic E-state index is 5.72. The number of nitrogens with zero attached hydrogens (tertiary/aromatic N) is 1. The summed E-state index contributed by atoms with van der Waals surface area (Å²) < 4.78 is 22.9. The minimum atomic E-state index is 0.427. The van der Waals surface area contributed by atoms with Gasteiger partial charge in [0.15, 0.2) is 23.0 Å². The SMILES string of the molecule is C=CCOc1c(I)cc(/C=N\NCc2ccc(OC)c(OC)c2)cc1OCC. The molecule has 6 nitrogen and oxygen atoms in total. The van der Waals surface area contributed by atoms with E-state index in [0.29, 0.717) is 37.0 Å². The average molecular weight is 496 g/mol. The molecule has 150 valence electrons. The fourth-order valence-electron chi connectivity index (χ4n) is 2.46. The van der Waals surface area contributed by atoms with Crippen LogP contribution in [0.1, 0.15) is 18.1 Å². The summed E-state index contributed by atoms with van der Waals surface area (Å²) in [6.45, 7) is 7.17. The molecular formula is C21H25IN2O4. The molecule has 0 fully saturated rings. The Morgan fingerprint density at radius 2 is 1.86 bits per heavy atom. The monoisotopic (exact) mass is 496 g/mol. The second-order valence-corrected chi connectivity index (χ2v) is 6.81. The second-order valence-electron chi connectivity index (χ2n) is 5.65. The van der Waals surface area contributed by atoms with Gasteiger partial charge in [0.25, 0.3) is 0 Å². The zero-order valence-corrected chi connectivity index (χ0v) is 18.5. The fourth-order valence-corrected chi connectivity index (χ4v) is 3.24. The van der Waals surface area contributed by atoms with Crippen LogP contribution in [0.4, 0.5) is 0 Å². The predicted molar refractivity (Wildman–Crippen MR) is 120 cm³/mol. The molecule has 7 heteroatoms. The third-order valence-corrected chi connectivity index (χ3v) is 4.51. The standard InChI is InChI=1S/C21H25IN2O4/c1-5-9-28-21-17(22)10-16(12-20(21)27-6-2)14-24-23-13-15-7-8-18(25-3)19(11-15)26-4/h5,7-8,10-12,14,23H,1,6,9,13H2,2-4H3/b24-14-. The van der Waals surface area contributed by atoms with E-state index in [1.165, 1.54) is 0 Å². The molecule has 0 bridgehead atoms. The number of halogens is 1. The van der Waals surface area contributed by atoms with Gasteiger partial charge in [-0.05, 0) is 64.9 Å². The zero-order valence-electron chi connectivity index (χ0n) is 16.3. The summed E-state index contributed by atoms with van der Waals surface area (Å²) >= 11 is 2.23. The van der Waals surface area contributed by atoms with E-state index in [9.17, 15) is 0 Å². The summed E-state index contributed by atoms with van der Waals surface area (Å²) in [7, 11) is 3.24. The molecule has 0 atom stereocenters. The molecule has 0 heterocycles. The van der Waals surface area contributed by atoms with Crippen LogP contribution in [-0.4, -0.2) is 33.6 Å². The van der Waals surface area contributed by atoms with Gasteiger partial charge in [-0.15, -0.1) is 0 Å². The Bertz CT molecular complexity index is 824. The highest BCUT2D eigenvalue weighted by Gasteiger charge is 2.11. The van der Waals surface area contributed by atoms with Gasteiger partial charge >= 0.3 is 0 Å². The van der Waals surface area contributed by atoms with Gasteiger partial charge < -0.3 is 24.4 Å². The molecule has 0 saturated heterocycles. The van der Waals surface area contributed by atoms with Crippen molar-refractivity contribution in [3.8, 4) is 23.0 Å². The Hall–Kier alpha value is -2.42. The van der Waals surface area contributed by atoms with E-state index in [-0.39, 0.29) is 0 Å². The van der Waals surface area contributed by atoms with E-state index in [2.05, 4.69) is 39.7 Å². The number of methoxy groups -OCH3 is 2. The first-order valence-electron chi connectivity index (χ1n) is 8.79. The van der Waals surface area contributed by atoms with E-state index >= 15 is 0 Å². The number of hydrazone groups is 1. The van der Waals surface area contributed by atoms with Crippen LogP contribution in [0, 0.1) is 3.57 Å². The lowest BCUT2D eigenvalue weighted by Gasteiger charge is -2.13. The molecule has 0 spiro atoms. The Morgan fingerprint density at radius 1 is 1.07 bits per heavy atom. The summed E-state index contributed by atoms with van der Waals surface area (Å²) in [6.07, 6.45) is 3.46. The second kappa shape index (κ2) is 11.4. The summed E-state index contributed by atoms with van der Waals surface area (Å²) in [5.74, 6) is 2.80. The van der Waals surface area contributed by atoms with Crippen LogP contribution in [0.15, 0.2) is 48.1 Å². The van der Waals surface area contributed by atoms with Gasteiger partial charge in [-0.25, -0.2) is 0 Å². The smallest absolute Gasteiger partial charge is 0.174 e. The van der Waals surface area contributed by atoms with Gasteiger partial charge in [0.2, 0.25) is 0 Å². The van der Waals surface area contributed by atoms with E-state index in [4.69, 9.17) is 18.9 Å². The van der Waals surface area contributed by atoms with E-state index < -0.39 is 0 Å². The number of hydrogen-bond donors (Lipinski definition) is 1. The molecule has 0 saturated carbocycles. The van der Waals surface area contributed by atoms with Gasteiger partial charge in [0.05, 0.1) is 37.2 Å². The number of nitrogens with one attached hydrogen (secondary N) is 1. The topological polar surface area (TPSA) is 61.3 Å². The molecule has 2 aromatic rings. The zero-order chi connectivity index (χ0) is 20.4. The van der Waals surface area contributed by atoms with Crippen LogP contribution in [0.3, 0.4) is 0 Å². The maximum Gasteiger partial charge on any atom is 0.174 e. The molecule has 0 unspecified atom stereocenters. The molecule has 2 aromatic carbocycles. The fraction of sp³-hybridized carbons (Fsp3) is 0.286. The number of benzene rings is 2. The Labute approximate surface area is 179 Å². The van der Waals surface area contributed by atoms with Crippen LogP contribution in [-0.2, 0) is 6.54 Å². The molecule has 0 aliphatic heterocycles. The molecule has 2 rings (SSSR count). The third-order valence-electron chi connectivity index (χ3n) is 3.71. The van der Waals surface area contributed by atoms with Crippen molar-refractivity contribution in [1.82, 2.24) is 5.43 Å². The quantitative estimate of drug-likeness (QED) is 0.216. The van der Waals surface area contributed by atoms with Crippen molar-refractivity contribution >= 4 is 28.8 Å². The van der Waals surface area contributed by atoms with Gasteiger partial charge in [-0.3, -0.25) is 0 Å². The normalized spacial score (nSPS) is 10.6. The predicted octanol–water partition coefficient (Wildman–Crippen LogP) is 4.40. The largest absolute Gasteiger partial charge is 0.493 e. The first kappa shape index (κ1) is 21.9. The first-order valence-corrected chi connectivity index (χ1v) is 9.87. The Balaban J connectivity index is 2.06. The molecule has 28 heavy (non-hydrogen) atoms. The lowest BCUT2D eigenvalue weighted by molar-refractivity contribution is 0.295. The number of ether oxygens (including phenoxy) is 4. The molecular weight excluding hydrogens is 471 g/mol. The summed E-state index contributed by atoms with van der Waals surface area (Å²) in [5, 5.41) is 4.31. The van der Waals surface area contributed by atoms with Gasteiger partial charge in [0.1, 0.15) is 6.61 Å². The lowest BCUT2D eigenvalue weighted by Crippen LogP contribution is -2.06. The molecule has 1 N–H and O–H groups in total. The van der Waals surface area contributed by atoms with Crippen LogP contribution in [0.2, 0.25) is 0 Å². The van der Waals surface area contributed by atoms with E-state index in [1.807, 2.05) is 37.3 Å². The van der Waals surface area contributed by atoms with Gasteiger partial charge in [0, 0.05) is 0 Å². The Morgan fingerprint density at radius 3 is 2.54 bits per heavy atom. The number of rotatable bonds is 11. The van der Waals surface area contributed by atoms with Crippen LogP contribution in [0.25, 0.3) is 0 Å². The minimum Gasteiger partial charge on any atom is -0.493 e. The first-order chi connectivity index (χ1) is 13.6. The molecule has 0 radical (unpaired) electrons. The van der Waals surface area contributed by atoms with Gasteiger partial charge in [-0.2, -0.15) is 5.10 Å². The van der Waals surface area contributed by atoms with Crippen molar-refractivity contribution in [2.75, 3.05) is 27.4 Å². The van der Waals surface area contributed by atoms with E-state index in [1.54, 1.807) is 26.5 Å². The van der Waals surface area contributed by atoms with Crippen LogP contribution >= 0.6 is 22.6 Å². The van der Waals surface area contributed by atoms with Crippen LogP contribution in [0.5, 0.6) is 23.0 Å². The van der Waals surface area contributed by atoms with Crippen molar-refractivity contribution in [1.29, 1.82) is 0 Å². The lowest BCUT2D eigenvalue weighted by atomic mass is 10.2. The van der Waals surface area contributed by atoms with E-state index in [0.717, 1.165) is 20.4 Å². The molecule has 0 aromatic heterocycles. The average Bonchev–Trinajstić information content (AvgIpc) is 2.70. The molecule has 0 aliphatic rings. The van der Waals surface area contributed by atoms with Crippen molar-refractivity contribution < 1.29 is 18.9 Å². The highest BCUT2D eigenvalue weighted by molar-refractivity contribution is 14.1. The maximum absolute atomic E-state index is 5.72. The highest BCUT2D eigenvalue weighted by Crippen LogP contribution is 2.34. The third kappa shape index (κ3) is 6.05.